The lowest BCUT2D eigenvalue weighted by atomic mass is 10.1. The maximum Gasteiger partial charge on any atom is 0.220 e. The van der Waals surface area contributed by atoms with Gasteiger partial charge in [0, 0.05) is 19.4 Å². The normalized spacial score (nSPS) is 17.5. The Morgan fingerprint density at radius 2 is 2.17 bits per heavy atom. The summed E-state index contributed by atoms with van der Waals surface area (Å²) in [5, 5.41) is 10.5. The zero-order chi connectivity index (χ0) is 9.03. The zero-order valence-corrected chi connectivity index (χ0v) is 7.63. The number of nitrogens with one attached hydrogen (secondary N) is 1. The summed E-state index contributed by atoms with van der Waals surface area (Å²) in [5.41, 5.74) is -0.233. The molecule has 0 saturated heterocycles. The van der Waals surface area contributed by atoms with Crippen LogP contribution in [0.2, 0.25) is 0 Å². The van der Waals surface area contributed by atoms with Gasteiger partial charge in [0.15, 0.2) is 5.66 Å². The summed E-state index contributed by atoms with van der Waals surface area (Å²) in [6.45, 7) is 4.73. The highest BCUT2D eigenvalue weighted by Gasteiger charge is 2.33. The van der Waals surface area contributed by atoms with E-state index in [1.807, 2.05) is 13.8 Å². The fourth-order valence-corrected chi connectivity index (χ4v) is 0.888. The topological polar surface area (TPSA) is 53.8 Å². The van der Waals surface area contributed by atoms with Crippen molar-refractivity contribution < 1.29 is 4.79 Å². The number of carbonyl (C=O) groups is 1. The van der Waals surface area contributed by atoms with Gasteiger partial charge in [0.1, 0.15) is 0 Å². The van der Waals surface area contributed by atoms with Gasteiger partial charge in [-0.05, 0) is 13.3 Å². The molecule has 0 bridgehead atoms. The summed E-state index contributed by atoms with van der Waals surface area (Å²) in [7, 11) is 0. The van der Waals surface area contributed by atoms with Gasteiger partial charge in [-0.1, -0.05) is 6.92 Å². The second kappa shape index (κ2) is 3.65. The molecule has 1 rings (SSSR count). The molecule has 0 aromatic carbocycles. The van der Waals surface area contributed by atoms with E-state index in [4.69, 9.17) is 0 Å². The monoisotopic (exact) mass is 169 g/mol. The van der Waals surface area contributed by atoms with E-state index in [2.05, 4.69) is 15.5 Å². The summed E-state index contributed by atoms with van der Waals surface area (Å²) in [6.07, 6.45) is 2.25. The van der Waals surface area contributed by atoms with Gasteiger partial charge in [0.05, 0.1) is 0 Å². The fourth-order valence-electron chi connectivity index (χ4n) is 0.888. The second-order valence-corrected chi connectivity index (χ2v) is 3.27. The van der Waals surface area contributed by atoms with E-state index in [0.29, 0.717) is 6.42 Å². The van der Waals surface area contributed by atoms with Gasteiger partial charge in [-0.3, -0.25) is 4.79 Å². The molecule has 0 aliphatic carbocycles. The third kappa shape index (κ3) is 2.98. The first-order valence-electron chi connectivity index (χ1n) is 4.37. The highest BCUT2D eigenvalue weighted by molar-refractivity contribution is 5.75. The Labute approximate surface area is 72.4 Å². The Morgan fingerprint density at radius 1 is 1.50 bits per heavy atom. The molecule has 0 atom stereocenters. The number of hydrogen-bond acceptors (Lipinski definition) is 3. The molecule has 0 aromatic heterocycles. The van der Waals surface area contributed by atoms with Crippen LogP contribution in [-0.2, 0) is 4.79 Å². The molecule has 4 heteroatoms. The van der Waals surface area contributed by atoms with Crippen LogP contribution in [0.15, 0.2) is 10.2 Å². The Balaban J connectivity index is 2.02. The SMILES string of the molecule is CCCNC(=O)CCC1(C)N=N1. The smallest absolute Gasteiger partial charge is 0.220 e. The standard InChI is InChI=1S/C8H15N3O/c1-3-6-9-7(12)4-5-8(2)10-11-8/h3-6H2,1-2H3,(H,9,12). The Kier molecular flexibility index (Phi) is 2.78. The lowest BCUT2D eigenvalue weighted by molar-refractivity contribution is -0.121. The minimum atomic E-state index is -0.233. The van der Waals surface area contributed by atoms with Crippen LogP contribution in [0.4, 0.5) is 0 Å². The third-order valence-electron chi connectivity index (χ3n) is 1.84. The first-order chi connectivity index (χ1) is 5.66. The van der Waals surface area contributed by atoms with Crippen LogP contribution in [0.25, 0.3) is 0 Å². The van der Waals surface area contributed by atoms with Crippen molar-refractivity contribution in [2.45, 2.75) is 38.8 Å². The molecule has 4 nitrogen and oxygen atoms in total. The molecule has 1 aliphatic heterocycles. The minimum Gasteiger partial charge on any atom is -0.356 e. The summed E-state index contributed by atoms with van der Waals surface area (Å²) >= 11 is 0. The van der Waals surface area contributed by atoms with Crippen molar-refractivity contribution in [3.8, 4) is 0 Å². The zero-order valence-electron chi connectivity index (χ0n) is 7.63. The van der Waals surface area contributed by atoms with Gasteiger partial charge in [-0.15, -0.1) is 0 Å². The second-order valence-electron chi connectivity index (χ2n) is 3.27. The molecule has 1 aliphatic rings. The number of nitrogens with zero attached hydrogens (tertiary/aromatic N) is 2. The first kappa shape index (κ1) is 9.16. The number of amides is 1. The van der Waals surface area contributed by atoms with Crippen molar-refractivity contribution in [2.24, 2.45) is 10.2 Å². The maximum atomic E-state index is 11.1. The molecule has 0 fully saturated rings. The molecule has 1 N–H and O–H groups in total. The lowest BCUT2D eigenvalue weighted by Gasteiger charge is -2.04. The van der Waals surface area contributed by atoms with Gasteiger partial charge in [0.2, 0.25) is 5.91 Å². The van der Waals surface area contributed by atoms with Crippen molar-refractivity contribution in [3.63, 3.8) is 0 Å². The van der Waals surface area contributed by atoms with Gasteiger partial charge < -0.3 is 5.32 Å². The molecular weight excluding hydrogens is 154 g/mol. The minimum absolute atomic E-state index is 0.107. The molecule has 68 valence electrons. The van der Waals surface area contributed by atoms with Crippen molar-refractivity contribution in [1.82, 2.24) is 5.32 Å². The van der Waals surface area contributed by atoms with Crippen LogP contribution in [0.5, 0.6) is 0 Å². The van der Waals surface area contributed by atoms with E-state index in [1.54, 1.807) is 0 Å². The maximum absolute atomic E-state index is 11.1. The molecule has 0 saturated carbocycles. The summed E-state index contributed by atoms with van der Waals surface area (Å²) in [5.74, 6) is 0.107. The largest absolute Gasteiger partial charge is 0.356 e. The highest BCUT2D eigenvalue weighted by Crippen LogP contribution is 2.31. The number of rotatable bonds is 5. The van der Waals surface area contributed by atoms with Crippen LogP contribution in [-0.4, -0.2) is 18.1 Å². The average molecular weight is 169 g/mol. The molecule has 0 aromatic rings. The van der Waals surface area contributed by atoms with E-state index in [1.165, 1.54) is 0 Å². The van der Waals surface area contributed by atoms with E-state index in [9.17, 15) is 4.79 Å². The molecule has 0 radical (unpaired) electrons. The van der Waals surface area contributed by atoms with Crippen LogP contribution >= 0.6 is 0 Å². The summed E-state index contributed by atoms with van der Waals surface area (Å²) in [4.78, 5) is 11.1. The van der Waals surface area contributed by atoms with Crippen molar-refractivity contribution >= 4 is 5.91 Å². The lowest BCUT2D eigenvalue weighted by Crippen LogP contribution is -2.25. The van der Waals surface area contributed by atoms with Crippen molar-refractivity contribution in [1.29, 1.82) is 0 Å². The number of hydrogen-bond donors (Lipinski definition) is 1. The number of carbonyl (C=O) groups excluding carboxylic acids is 1. The molecule has 0 unspecified atom stereocenters. The van der Waals surface area contributed by atoms with Crippen LogP contribution < -0.4 is 5.32 Å². The Morgan fingerprint density at radius 3 is 2.67 bits per heavy atom. The van der Waals surface area contributed by atoms with E-state index >= 15 is 0 Å². The van der Waals surface area contributed by atoms with Crippen molar-refractivity contribution in [2.75, 3.05) is 6.54 Å². The van der Waals surface area contributed by atoms with E-state index < -0.39 is 0 Å². The van der Waals surface area contributed by atoms with E-state index in [-0.39, 0.29) is 11.6 Å². The van der Waals surface area contributed by atoms with Crippen molar-refractivity contribution in [3.05, 3.63) is 0 Å². The average Bonchev–Trinajstić information content (AvgIpc) is 2.77. The molecule has 12 heavy (non-hydrogen) atoms. The predicted molar refractivity (Wildman–Crippen MR) is 45.8 cm³/mol. The van der Waals surface area contributed by atoms with E-state index in [0.717, 1.165) is 19.4 Å². The molecule has 1 amide bonds. The van der Waals surface area contributed by atoms with Gasteiger partial charge in [0.25, 0.3) is 0 Å². The van der Waals surface area contributed by atoms with Gasteiger partial charge in [-0.2, -0.15) is 10.2 Å². The van der Waals surface area contributed by atoms with Gasteiger partial charge >= 0.3 is 0 Å². The fraction of sp³-hybridized carbons (Fsp3) is 0.875. The molecule has 1 heterocycles. The molecule has 0 spiro atoms. The Hall–Kier alpha value is -0.930. The van der Waals surface area contributed by atoms with Crippen LogP contribution in [0.1, 0.15) is 33.1 Å². The summed E-state index contributed by atoms with van der Waals surface area (Å²) in [6, 6.07) is 0. The summed E-state index contributed by atoms with van der Waals surface area (Å²) < 4.78 is 0. The predicted octanol–water partition coefficient (Wildman–Crippen LogP) is 1.47. The van der Waals surface area contributed by atoms with Gasteiger partial charge in [-0.25, -0.2) is 0 Å². The quantitative estimate of drug-likeness (QED) is 0.665. The van der Waals surface area contributed by atoms with Crippen LogP contribution in [0.3, 0.4) is 0 Å². The third-order valence-corrected chi connectivity index (χ3v) is 1.84. The highest BCUT2D eigenvalue weighted by atomic mass is 16.1. The first-order valence-corrected chi connectivity index (χ1v) is 4.37. The van der Waals surface area contributed by atoms with Crippen LogP contribution in [0, 0.1) is 0 Å². The molecular formula is C8H15N3O. The Bertz CT molecular complexity index is 194.